The highest BCUT2D eigenvalue weighted by molar-refractivity contribution is 5.91. The standard InChI is InChI=1S/C10H9NO2.C9H7NO2/c1-7-4-5-8(10(12)13-3)6-9(7)11-2;1-6-3-4-7(9(11)12)5-8(6)10-2/h4-6H,1,3H3;3-5H,1H3,(H,11,12). The van der Waals surface area contributed by atoms with Crippen LogP contribution in [0, 0.1) is 27.0 Å². The summed E-state index contributed by atoms with van der Waals surface area (Å²) in [5.41, 5.74) is 3.13. The molecule has 0 saturated carbocycles. The Kier molecular flexibility index (Phi) is 6.87. The van der Waals surface area contributed by atoms with E-state index in [1.807, 2.05) is 6.92 Å². The summed E-state index contributed by atoms with van der Waals surface area (Å²) in [6, 6.07) is 9.43. The van der Waals surface area contributed by atoms with Crippen molar-refractivity contribution >= 4 is 23.3 Å². The lowest BCUT2D eigenvalue weighted by atomic mass is 10.1. The first-order valence-electron chi connectivity index (χ1n) is 7.11. The summed E-state index contributed by atoms with van der Waals surface area (Å²) in [7, 11) is 1.32. The van der Waals surface area contributed by atoms with Gasteiger partial charge in [0.15, 0.2) is 11.4 Å². The Morgan fingerprint density at radius 3 is 1.76 bits per heavy atom. The molecule has 0 heterocycles. The number of carbonyl (C=O) groups is 2. The topological polar surface area (TPSA) is 72.3 Å². The van der Waals surface area contributed by atoms with Crippen LogP contribution in [0.15, 0.2) is 36.4 Å². The van der Waals surface area contributed by atoms with Gasteiger partial charge in [0.2, 0.25) is 0 Å². The molecule has 0 aliphatic carbocycles. The zero-order valence-electron chi connectivity index (χ0n) is 14.0. The highest BCUT2D eigenvalue weighted by atomic mass is 16.5. The number of rotatable bonds is 2. The van der Waals surface area contributed by atoms with Crippen LogP contribution in [0.4, 0.5) is 11.4 Å². The summed E-state index contributed by atoms with van der Waals surface area (Å²) in [6.45, 7) is 17.2. The summed E-state index contributed by atoms with van der Waals surface area (Å²) < 4.78 is 4.53. The van der Waals surface area contributed by atoms with Gasteiger partial charge in [0.05, 0.1) is 20.3 Å². The van der Waals surface area contributed by atoms with Crippen LogP contribution < -0.4 is 0 Å². The number of carbonyl (C=O) groups excluding carboxylic acids is 1. The largest absolute Gasteiger partial charge is 0.478 e. The summed E-state index contributed by atoms with van der Waals surface area (Å²) in [5.74, 6) is -1.41. The van der Waals surface area contributed by atoms with Crippen LogP contribution in [0.5, 0.6) is 0 Å². The van der Waals surface area contributed by atoms with Crippen LogP contribution in [0.3, 0.4) is 0 Å². The molecule has 0 bridgehead atoms. The predicted octanol–water partition coefficient (Wildman–Crippen LogP) is 4.58. The highest BCUT2D eigenvalue weighted by Gasteiger charge is 2.07. The number of carboxylic acids is 1. The van der Waals surface area contributed by atoms with Crippen molar-refractivity contribution in [1.29, 1.82) is 0 Å². The van der Waals surface area contributed by atoms with Crippen molar-refractivity contribution in [2.24, 2.45) is 0 Å². The number of nitrogens with zero attached hydrogens (tertiary/aromatic N) is 2. The van der Waals surface area contributed by atoms with Gasteiger partial charge in [-0.3, -0.25) is 0 Å². The summed E-state index contributed by atoms with van der Waals surface area (Å²) in [6.07, 6.45) is 0. The lowest BCUT2D eigenvalue weighted by Gasteiger charge is -2.01. The van der Waals surface area contributed by atoms with Gasteiger partial charge in [0, 0.05) is 11.1 Å². The molecule has 2 aromatic rings. The molecule has 1 N–H and O–H groups in total. The molecule has 6 nitrogen and oxygen atoms in total. The minimum absolute atomic E-state index is 0.159. The van der Waals surface area contributed by atoms with Gasteiger partial charge >= 0.3 is 11.9 Å². The average Bonchev–Trinajstić information content (AvgIpc) is 2.62. The zero-order chi connectivity index (χ0) is 19.0. The Labute approximate surface area is 145 Å². The molecular weight excluding hydrogens is 320 g/mol. The second kappa shape index (κ2) is 8.85. The van der Waals surface area contributed by atoms with Gasteiger partial charge in [-0.05, 0) is 49.2 Å². The predicted molar refractivity (Wildman–Crippen MR) is 93.2 cm³/mol. The summed E-state index contributed by atoms with van der Waals surface area (Å²) in [5, 5.41) is 8.59. The van der Waals surface area contributed by atoms with Gasteiger partial charge in [0.1, 0.15) is 0 Å². The molecule has 0 spiro atoms. The Morgan fingerprint density at radius 2 is 1.36 bits per heavy atom. The molecule has 2 aromatic carbocycles. The van der Waals surface area contributed by atoms with Crippen molar-refractivity contribution in [1.82, 2.24) is 0 Å². The lowest BCUT2D eigenvalue weighted by Crippen LogP contribution is -2.00. The van der Waals surface area contributed by atoms with Crippen molar-refractivity contribution in [2.45, 2.75) is 13.8 Å². The Bertz CT molecular complexity index is 889. The number of aryl methyl sites for hydroxylation is 2. The number of benzene rings is 2. The average molecular weight is 336 g/mol. The maximum Gasteiger partial charge on any atom is 0.336 e. The van der Waals surface area contributed by atoms with Crippen molar-refractivity contribution < 1.29 is 19.4 Å². The van der Waals surface area contributed by atoms with E-state index in [0.29, 0.717) is 16.9 Å². The molecule has 0 amide bonds. The quantitative estimate of drug-likeness (QED) is 0.644. The van der Waals surface area contributed by atoms with E-state index >= 15 is 0 Å². The molecule has 0 aliphatic rings. The van der Waals surface area contributed by atoms with Crippen LogP contribution in [0.1, 0.15) is 31.8 Å². The molecule has 6 heteroatoms. The van der Waals surface area contributed by atoms with E-state index in [0.717, 1.165) is 11.1 Å². The van der Waals surface area contributed by atoms with Gasteiger partial charge < -0.3 is 9.84 Å². The molecule has 126 valence electrons. The van der Waals surface area contributed by atoms with Gasteiger partial charge in [-0.25, -0.2) is 19.3 Å². The number of aromatic carboxylic acids is 1. The van der Waals surface area contributed by atoms with E-state index in [4.69, 9.17) is 18.3 Å². The zero-order valence-corrected chi connectivity index (χ0v) is 14.0. The third kappa shape index (κ3) is 5.19. The van der Waals surface area contributed by atoms with Crippen molar-refractivity contribution in [3.63, 3.8) is 0 Å². The Morgan fingerprint density at radius 1 is 0.920 bits per heavy atom. The van der Waals surface area contributed by atoms with Crippen molar-refractivity contribution in [3.8, 4) is 0 Å². The van der Waals surface area contributed by atoms with E-state index in [9.17, 15) is 9.59 Å². The van der Waals surface area contributed by atoms with Gasteiger partial charge in [0.25, 0.3) is 0 Å². The van der Waals surface area contributed by atoms with Gasteiger partial charge in [-0.15, -0.1) is 0 Å². The Hall–Kier alpha value is -3.64. The first kappa shape index (κ1) is 19.4. The number of ether oxygens (including phenoxy) is 1. The second-order valence-electron chi connectivity index (χ2n) is 5.02. The van der Waals surface area contributed by atoms with Crippen molar-refractivity contribution in [3.05, 3.63) is 81.5 Å². The number of methoxy groups -OCH3 is 1. The number of hydrogen-bond donors (Lipinski definition) is 1. The van der Waals surface area contributed by atoms with Crippen LogP contribution >= 0.6 is 0 Å². The number of carboxylic acid groups (broad SMARTS) is 1. The van der Waals surface area contributed by atoms with Crippen LogP contribution in [0.2, 0.25) is 0 Å². The van der Waals surface area contributed by atoms with Crippen LogP contribution in [-0.4, -0.2) is 24.2 Å². The monoisotopic (exact) mass is 336 g/mol. The molecule has 0 radical (unpaired) electrons. The first-order chi connectivity index (χ1) is 11.8. The molecule has 0 saturated heterocycles. The fourth-order valence-electron chi connectivity index (χ4n) is 1.84. The Balaban J connectivity index is 0.000000251. The fourth-order valence-corrected chi connectivity index (χ4v) is 1.84. The minimum Gasteiger partial charge on any atom is -0.478 e. The smallest absolute Gasteiger partial charge is 0.336 e. The highest BCUT2D eigenvalue weighted by Crippen LogP contribution is 2.20. The molecule has 2 rings (SSSR count). The van der Waals surface area contributed by atoms with Crippen molar-refractivity contribution in [2.75, 3.05) is 7.11 Å². The second-order valence-corrected chi connectivity index (χ2v) is 5.02. The molecule has 0 atom stereocenters. The molecular formula is C19H16N2O4. The molecule has 0 unspecified atom stereocenters. The van der Waals surface area contributed by atoms with E-state index in [1.54, 1.807) is 25.1 Å². The van der Waals surface area contributed by atoms with E-state index in [2.05, 4.69) is 14.4 Å². The van der Waals surface area contributed by atoms with E-state index < -0.39 is 11.9 Å². The lowest BCUT2D eigenvalue weighted by molar-refractivity contribution is 0.0600. The van der Waals surface area contributed by atoms with E-state index in [-0.39, 0.29) is 5.56 Å². The van der Waals surface area contributed by atoms with Gasteiger partial charge in [-0.1, -0.05) is 12.1 Å². The summed E-state index contributed by atoms with van der Waals surface area (Å²) >= 11 is 0. The minimum atomic E-state index is -1.00. The number of hydrogen-bond acceptors (Lipinski definition) is 3. The number of esters is 1. The molecule has 0 aliphatic heterocycles. The van der Waals surface area contributed by atoms with Gasteiger partial charge in [-0.2, -0.15) is 0 Å². The third-order valence-corrected chi connectivity index (χ3v) is 3.33. The normalized spacial score (nSPS) is 9.00. The molecule has 0 aromatic heterocycles. The third-order valence-electron chi connectivity index (χ3n) is 3.33. The van der Waals surface area contributed by atoms with Crippen LogP contribution in [0.25, 0.3) is 9.69 Å². The SMILES string of the molecule is [C-]#[N+]c1cc(C(=O)O)ccc1C.[C-]#[N+]c1cc(C(=O)OC)ccc1C. The summed E-state index contributed by atoms with van der Waals surface area (Å²) in [4.78, 5) is 28.0. The molecule has 0 fully saturated rings. The fraction of sp³-hybridized carbons (Fsp3) is 0.158. The maximum atomic E-state index is 11.1. The maximum absolute atomic E-state index is 11.1. The van der Waals surface area contributed by atoms with Crippen LogP contribution in [-0.2, 0) is 4.74 Å². The van der Waals surface area contributed by atoms with E-state index in [1.165, 1.54) is 25.3 Å². The first-order valence-corrected chi connectivity index (χ1v) is 7.11. The molecule has 25 heavy (non-hydrogen) atoms.